The number of thioether (sulfide) groups is 1. The zero-order valence-electron chi connectivity index (χ0n) is 11.5. The van der Waals surface area contributed by atoms with Crippen LogP contribution in [0.25, 0.3) is 0 Å². The minimum atomic E-state index is 0.376. The average molecular weight is 323 g/mol. The molecule has 0 atom stereocenters. The lowest BCUT2D eigenvalue weighted by molar-refractivity contribution is 0.112. The number of carbonyl (C=O) groups excluding carboxylic acids is 1. The predicted molar refractivity (Wildman–Crippen MR) is 86.1 cm³/mol. The second kappa shape index (κ2) is 7.96. The van der Waals surface area contributed by atoms with E-state index in [-0.39, 0.29) is 0 Å². The second-order valence-corrected chi connectivity index (χ2v) is 5.74. The molecule has 0 heterocycles. The van der Waals surface area contributed by atoms with Crippen LogP contribution in [0.2, 0.25) is 5.02 Å². The van der Waals surface area contributed by atoms with E-state index in [1.54, 1.807) is 23.9 Å². The maximum absolute atomic E-state index is 10.8. The SMILES string of the molecule is COc1cc(C=O)cc(Cl)c1OCCSc1ccccc1. The first-order valence-electron chi connectivity index (χ1n) is 6.38. The van der Waals surface area contributed by atoms with Crippen molar-refractivity contribution < 1.29 is 14.3 Å². The average Bonchev–Trinajstić information content (AvgIpc) is 2.53. The van der Waals surface area contributed by atoms with Gasteiger partial charge in [0.05, 0.1) is 18.7 Å². The smallest absolute Gasteiger partial charge is 0.179 e. The van der Waals surface area contributed by atoms with E-state index >= 15 is 0 Å². The van der Waals surface area contributed by atoms with Gasteiger partial charge < -0.3 is 9.47 Å². The van der Waals surface area contributed by atoms with Crippen LogP contribution in [0.4, 0.5) is 0 Å². The van der Waals surface area contributed by atoms with Crippen LogP contribution in [0.1, 0.15) is 10.4 Å². The molecular formula is C16H15ClO3S. The number of carbonyl (C=O) groups is 1. The molecule has 0 bridgehead atoms. The maximum atomic E-state index is 10.8. The summed E-state index contributed by atoms with van der Waals surface area (Å²) in [5, 5.41) is 0.376. The first kappa shape index (κ1) is 15.7. The Hall–Kier alpha value is -1.65. The van der Waals surface area contributed by atoms with Crippen molar-refractivity contribution in [3.05, 3.63) is 53.1 Å². The Labute approximate surface area is 133 Å². The van der Waals surface area contributed by atoms with E-state index < -0.39 is 0 Å². The second-order valence-electron chi connectivity index (χ2n) is 4.16. The van der Waals surface area contributed by atoms with Gasteiger partial charge in [-0.25, -0.2) is 0 Å². The molecule has 0 aliphatic rings. The van der Waals surface area contributed by atoms with Crippen LogP contribution in [-0.4, -0.2) is 25.8 Å². The van der Waals surface area contributed by atoms with Crippen LogP contribution < -0.4 is 9.47 Å². The number of aldehydes is 1. The van der Waals surface area contributed by atoms with Gasteiger partial charge in [0.1, 0.15) is 6.29 Å². The molecule has 0 aliphatic carbocycles. The van der Waals surface area contributed by atoms with Gasteiger partial charge in [-0.1, -0.05) is 29.8 Å². The lowest BCUT2D eigenvalue weighted by Crippen LogP contribution is -2.03. The van der Waals surface area contributed by atoms with E-state index in [2.05, 4.69) is 12.1 Å². The van der Waals surface area contributed by atoms with Crippen molar-refractivity contribution in [2.24, 2.45) is 0 Å². The third-order valence-electron chi connectivity index (χ3n) is 2.73. The predicted octanol–water partition coefficient (Wildman–Crippen LogP) is 4.33. The minimum absolute atomic E-state index is 0.376. The molecule has 0 spiro atoms. The van der Waals surface area contributed by atoms with Crippen LogP contribution in [0, 0.1) is 0 Å². The van der Waals surface area contributed by atoms with Crippen LogP contribution in [-0.2, 0) is 0 Å². The van der Waals surface area contributed by atoms with Crippen molar-refractivity contribution in [1.29, 1.82) is 0 Å². The molecule has 0 aromatic heterocycles. The molecule has 0 unspecified atom stereocenters. The van der Waals surface area contributed by atoms with Crippen molar-refractivity contribution in [1.82, 2.24) is 0 Å². The summed E-state index contributed by atoms with van der Waals surface area (Å²) in [6.45, 7) is 0.496. The Morgan fingerprint density at radius 1 is 1.24 bits per heavy atom. The van der Waals surface area contributed by atoms with Crippen LogP contribution >= 0.6 is 23.4 Å². The van der Waals surface area contributed by atoms with Crippen molar-refractivity contribution in [3.8, 4) is 11.5 Å². The van der Waals surface area contributed by atoms with Gasteiger partial charge in [-0.3, -0.25) is 4.79 Å². The Kier molecular flexibility index (Phi) is 5.96. The van der Waals surface area contributed by atoms with Gasteiger partial charge >= 0.3 is 0 Å². The molecule has 0 radical (unpaired) electrons. The Bertz CT molecular complexity index is 602. The summed E-state index contributed by atoms with van der Waals surface area (Å²) in [4.78, 5) is 12.0. The number of hydrogen-bond donors (Lipinski definition) is 0. The molecule has 0 fully saturated rings. The summed E-state index contributed by atoms with van der Waals surface area (Å²) in [5.74, 6) is 1.73. The number of rotatable bonds is 7. The van der Waals surface area contributed by atoms with Crippen LogP contribution in [0.5, 0.6) is 11.5 Å². The lowest BCUT2D eigenvalue weighted by atomic mass is 10.2. The van der Waals surface area contributed by atoms with E-state index in [0.717, 1.165) is 12.0 Å². The number of halogens is 1. The van der Waals surface area contributed by atoms with Gasteiger partial charge in [0.15, 0.2) is 11.5 Å². The molecule has 0 aliphatic heterocycles. The first-order chi connectivity index (χ1) is 10.2. The third kappa shape index (κ3) is 4.41. The highest BCUT2D eigenvalue weighted by Gasteiger charge is 2.11. The van der Waals surface area contributed by atoms with Crippen molar-refractivity contribution in [3.63, 3.8) is 0 Å². The Balaban J connectivity index is 1.95. The molecule has 0 N–H and O–H groups in total. The molecule has 2 aromatic carbocycles. The van der Waals surface area contributed by atoms with Gasteiger partial charge in [-0.05, 0) is 24.3 Å². The van der Waals surface area contributed by atoms with Gasteiger partial charge in [0, 0.05) is 16.2 Å². The van der Waals surface area contributed by atoms with E-state index in [1.165, 1.54) is 12.0 Å². The van der Waals surface area contributed by atoms with Crippen molar-refractivity contribution >= 4 is 29.6 Å². The van der Waals surface area contributed by atoms with Gasteiger partial charge in [-0.2, -0.15) is 0 Å². The summed E-state index contributed by atoms with van der Waals surface area (Å²) in [7, 11) is 1.52. The fourth-order valence-electron chi connectivity index (χ4n) is 1.77. The molecule has 21 heavy (non-hydrogen) atoms. The summed E-state index contributed by atoms with van der Waals surface area (Å²) < 4.78 is 10.9. The number of hydrogen-bond acceptors (Lipinski definition) is 4. The zero-order chi connectivity index (χ0) is 15.1. The quantitative estimate of drug-likeness (QED) is 0.432. The van der Waals surface area contributed by atoms with E-state index in [4.69, 9.17) is 21.1 Å². The monoisotopic (exact) mass is 322 g/mol. The highest BCUT2D eigenvalue weighted by atomic mass is 35.5. The normalized spacial score (nSPS) is 10.2. The molecular weight excluding hydrogens is 308 g/mol. The molecule has 0 saturated carbocycles. The largest absolute Gasteiger partial charge is 0.493 e. The summed E-state index contributed by atoms with van der Waals surface area (Å²) in [6.07, 6.45) is 0.726. The summed E-state index contributed by atoms with van der Waals surface area (Å²) in [6, 6.07) is 13.3. The molecule has 5 heteroatoms. The Morgan fingerprint density at radius 2 is 2.00 bits per heavy atom. The lowest BCUT2D eigenvalue weighted by Gasteiger charge is -2.12. The van der Waals surface area contributed by atoms with Crippen LogP contribution in [0.15, 0.2) is 47.4 Å². The molecule has 3 nitrogen and oxygen atoms in total. The molecule has 2 aromatic rings. The zero-order valence-corrected chi connectivity index (χ0v) is 13.1. The third-order valence-corrected chi connectivity index (χ3v) is 3.99. The minimum Gasteiger partial charge on any atom is -0.493 e. The first-order valence-corrected chi connectivity index (χ1v) is 7.74. The summed E-state index contributed by atoms with van der Waals surface area (Å²) in [5.41, 5.74) is 0.461. The number of benzene rings is 2. The molecule has 0 saturated heterocycles. The van der Waals surface area contributed by atoms with E-state index in [1.807, 2.05) is 18.2 Å². The van der Waals surface area contributed by atoms with Gasteiger partial charge in [-0.15, -0.1) is 11.8 Å². The number of methoxy groups -OCH3 is 1. The summed E-state index contributed by atoms with van der Waals surface area (Å²) >= 11 is 7.82. The van der Waals surface area contributed by atoms with E-state index in [0.29, 0.717) is 28.7 Å². The van der Waals surface area contributed by atoms with E-state index in [9.17, 15) is 4.79 Å². The topological polar surface area (TPSA) is 35.5 Å². The Morgan fingerprint density at radius 3 is 2.67 bits per heavy atom. The van der Waals surface area contributed by atoms with Crippen LogP contribution in [0.3, 0.4) is 0 Å². The van der Waals surface area contributed by atoms with Crippen molar-refractivity contribution in [2.45, 2.75) is 4.90 Å². The maximum Gasteiger partial charge on any atom is 0.179 e. The highest BCUT2D eigenvalue weighted by molar-refractivity contribution is 7.99. The number of ether oxygens (including phenoxy) is 2. The molecule has 2 rings (SSSR count). The molecule has 110 valence electrons. The molecule has 0 amide bonds. The highest BCUT2D eigenvalue weighted by Crippen LogP contribution is 2.36. The van der Waals surface area contributed by atoms with Crippen molar-refractivity contribution in [2.75, 3.05) is 19.5 Å². The van der Waals surface area contributed by atoms with Gasteiger partial charge in [0.25, 0.3) is 0 Å². The fourth-order valence-corrected chi connectivity index (χ4v) is 2.79. The van der Waals surface area contributed by atoms with Gasteiger partial charge in [0.2, 0.25) is 0 Å². The fraction of sp³-hybridized carbons (Fsp3) is 0.188. The standard InChI is InChI=1S/C16H15ClO3S/c1-19-15-10-12(11-18)9-14(17)16(15)20-7-8-21-13-5-3-2-4-6-13/h2-6,9-11H,7-8H2,1H3.